The SMILES string of the molecule is CCNC(=NCc1ccc(-c2nc3ccccc3s2)o1)NC1CC2CCC1O2.I. The molecule has 154 valence electrons. The molecular formula is C21H25IN4O2S. The smallest absolute Gasteiger partial charge is 0.192 e. The Kier molecular flexibility index (Phi) is 6.41. The van der Waals surface area contributed by atoms with Crippen molar-refractivity contribution < 1.29 is 9.15 Å². The molecule has 2 aromatic heterocycles. The monoisotopic (exact) mass is 524 g/mol. The van der Waals surface area contributed by atoms with Gasteiger partial charge in [-0.25, -0.2) is 9.98 Å². The van der Waals surface area contributed by atoms with Crippen LogP contribution >= 0.6 is 35.3 Å². The zero-order chi connectivity index (χ0) is 18.9. The molecule has 1 aromatic carbocycles. The van der Waals surface area contributed by atoms with Crippen LogP contribution in [0.1, 0.15) is 31.9 Å². The van der Waals surface area contributed by atoms with Crippen LogP contribution in [0.4, 0.5) is 0 Å². The van der Waals surface area contributed by atoms with Crippen molar-refractivity contribution in [1.29, 1.82) is 0 Å². The highest BCUT2D eigenvalue weighted by atomic mass is 127. The number of aromatic nitrogens is 1. The predicted molar refractivity (Wildman–Crippen MR) is 127 cm³/mol. The van der Waals surface area contributed by atoms with E-state index in [1.165, 1.54) is 11.1 Å². The van der Waals surface area contributed by atoms with Crippen LogP contribution in [-0.4, -0.2) is 35.7 Å². The molecule has 2 fully saturated rings. The minimum Gasteiger partial charge on any atom is -0.457 e. The zero-order valence-corrected chi connectivity index (χ0v) is 19.4. The van der Waals surface area contributed by atoms with Crippen LogP contribution in [0, 0.1) is 0 Å². The van der Waals surface area contributed by atoms with Gasteiger partial charge in [-0.05, 0) is 50.5 Å². The number of hydrogen-bond donors (Lipinski definition) is 2. The number of nitrogens with one attached hydrogen (secondary N) is 2. The molecule has 0 spiro atoms. The van der Waals surface area contributed by atoms with Crippen LogP contribution in [-0.2, 0) is 11.3 Å². The van der Waals surface area contributed by atoms with Crippen LogP contribution in [0.3, 0.4) is 0 Å². The van der Waals surface area contributed by atoms with Crippen molar-refractivity contribution in [2.75, 3.05) is 6.54 Å². The summed E-state index contributed by atoms with van der Waals surface area (Å²) in [5.74, 6) is 2.45. The van der Waals surface area contributed by atoms with Gasteiger partial charge in [0.15, 0.2) is 16.7 Å². The maximum atomic E-state index is 6.01. The number of nitrogens with zero attached hydrogens (tertiary/aromatic N) is 2. The van der Waals surface area contributed by atoms with Crippen molar-refractivity contribution in [3.8, 4) is 10.8 Å². The summed E-state index contributed by atoms with van der Waals surface area (Å²) in [6.07, 6.45) is 4.15. The van der Waals surface area contributed by atoms with Crippen LogP contribution in [0.2, 0.25) is 0 Å². The van der Waals surface area contributed by atoms with E-state index < -0.39 is 0 Å². The number of hydrogen-bond acceptors (Lipinski definition) is 5. The zero-order valence-electron chi connectivity index (χ0n) is 16.3. The fourth-order valence-electron chi connectivity index (χ4n) is 4.00. The quantitative estimate of drug-likeness (QED) is 0.291. The van der Waals surface area contributed by atoms with Crippen LogP contribution in [0.25, 0.3) is 21.0 Å². The Labute approximate surface area is 191 Å². The number of para-hydroxylation sites is 1. The number of rotatable bonds is 5. The summed E-state index contributed by atoms with van der Waals surface area (Å²) in [4.78, 5) is 9.37. The summed E-state index contributed by atoms with van der Waals surface area (Å²) in [6.45, 7) is 3.39. The third kappa shape index (κ3) is 4.44. The highest BCUT2D eigenvalue weighted by Crippen LogP contribution is 2.34. The number of ether oxygens (including phenoxy) is 1. The molecule has 2 bridgehead atoms. The van der Waals surface area contributed by atoms with Crippen LogP contribution in [0.15, 0.2) is 45.8 Å². The minimum atomic E-state index is 0. The minimum absolute atomic E-state index is 0. The van der Waals surface area contributed by atoms with E-state index in [2.05, 4.69) is 28.6 Å². The number of fused-ring (bicyclic) bond motifs is 3. The van der Waals surface area contributed by atoms with Gasteiger partial charge < -0.3 is 19.8 Å². The lowest BCUT2D eigenvalue weighted by Gasteiger charge is -2.22. The number of halogens is 1. The van der Waals surface area contributed by atoms with Gasteiger partial charge >= 0.3 is 0 Å². The first kappa shape index (κ1) is 20.6. The maximum absolute atomic E-state index is 6.01. The first-order valence-corrected chi connectivity index (χ1v) is 10.7. The van der Waals surface area contributed by atoms with Gasteiger partial charge in [-0.1, -0.05) is 12.1 Å². The van der Waals surface area contributed by atoms with Crippen molar-refractivity contribution in [1.82, 2.24) is 15.6 Å². The number of aliphatic imine (C=N–C) groups is 1. The summed E-state index contributed by atoms with van der Waals surface area (Å²) in [7, 11) is 0. The van der Waals surface area contributed by atoms with Crippen molar-refractivity contribution in [3.05, 3.63) is 42.2 Å². The molecule has 6 nitrogen and oxygen atoms in total. The summed E-state index contributed by atoms with van der Waals surface area (Å²) in [6, 6.07) is 12.5. The molecule has 8 heteroatoms. The predicted octanol–water partition coefficient (Wildman–Crippen LogP) is 4.55. The van der Waals surface area contributed by atoms with E-state index in [-0.39, 0.29) is 24.0 Å². The number of thiazole rings is 1. The first-order chi connectivity index (χ1) is 13.8. The second kappa shape index (κ2) is 9.01. The first-order valence-electron chi connectivity index (χ1n) is 9.93. The number of guanidine groups is 1. The molecule has 2 saturated heterocycles. The lowest BCUT2D eigenvalue weighted by Crippen LogP contribution is -2.47. The standard InChI is InChI=1S/C21H24N4O2S.HI/c1-2-22-21(25-16-11-13-7-9-17(16)26-13)23-12-14-8-10-18(27-14)20-24-15-5-3-4-6-19(15)28-20;/h3-6,8,10,13,16-17H,2,7,9,11-12H2,1H3,(H2,22,23,25);1H. The summed E-state index contributed by atoms with van der Waals surface area (Å²) in [5, 5.41) is 7.77. The Hall–Kier alpha value is -1.65. The van der Waals surface area contributed by atoms with Gasteiger partial charge in [0, 0.05) is 6.54 Å². The molecule has 3 atom stereocenters. The molecule has 3 unspecified atom stereocenters. The van der Waals surface area contributed by atoms with Crippen molar-refractivity contribution >= 4 is 51.5 Å². The fourth-order valence-corrected chi connectivity index (χ4v) is 4.93. The maximum Gasteiger partial charge on any atom is 0.192 e. The molecule has 2 N–H and O–H groups in total. The van der Waals surface area contributed by atoms with Gasteiger partial charge in [-0.3, -0.25) is 0 Å². The summed E-state index contributed by atoms with van der Waals surface area (Å²) < 4.78 is 13.1. The van der Waals surface area contributed by atoms with Gasteiger partial charge in [-0.15, -0.1) is 35.3 Å². The molecule has 0 saturated carbocycles. The molecule has 0 aliphatic carbocycles. The topological polar surface area (TPSA) is 71.7 Å². The molecule has 0 radical (unpaired) electrons. The van der Waals surface area contributed by atoms with Crippen LogP contribution in [0.5, 0.6) is 0 Å². The Morgan fingerprint density at radius 3 is 2.90 bits per heavy atom. The molecular weight excluding hydrogens is 499 g/mol. The van der Waals surface area contributed by atoms with Crippen LogP contribution < -0.4 is 10.6 Å². The third-order valence-electron chi connectivity index (χ3n) is 5.33. The van der Waals surface area contributed by atoms with Crippen molar-refractivity contribution in [3.63, 3.8) is 0 Å². The van der Waals surface area contributed by atoms with Crippen molar-refractivity contribution in [2.24, 2.45) is 4.99 Å². The largest absolute Gasteiger partial charge is 0.457 e. The summed E-state index contributed by atoms with van der Waals surface area (Å²) >= 11 is 1.65. The van der Waals surface area contributed by atoms with Gasteiger partial charge in [0.2, 0.25) is 0 Å². The normalized spacial score (nSPS) is 23.3. The number of furan rings is 1. The van der Waals surface area contributed by atoms with Gasteiger partial charge in [0.05, 0.1) is 28.5 Å². The lowest BCUT2D eigenvalue weighted by molar-refractivity contribution is 0.0992. The van der Waals surface area contributed by atoms with E-state index in [9.17, 15) is 0 Å². The molecule has 2 aliphatic rings. The molecule has 5 rings (SSSR count). The highest BCUT2D eigenvalue weighted by molar-refractivity contribution is 14.0. The van der Waals surface area contributed by atoms with E-state index in [4.69, 9.17) is 14.1 Å². The fraction of sp³-hybridized carbons (Fsp3) is 0.429. The molecule has 3 aromatic rings. The Balaban J connectivity index is 0.00000205. The summed E-state index contributed by atoms with van der Waals surface area (Å²) in [5.41, 5.74) is 1.00. The van der Waals surface area contributed by atoms with E-state index in [1.807, 2.05) is 30.3 Å². The van der Waals surface area contributed by atoms with Gasteiger partial charge in [-0.2, -0.15) is 0 Å². The lowest BCUT2D eigenvalue weighted by atomic mass is 9.96. The number of benzene rings is 1. The van der Waals surface area contributed by atoms with E-state index in [0.717, 1.165) is 47.4 Å². The third-order valence-corrected chi connectivity index (χ3v) is 6.38. The Morgan fingerprint density at radius 2 is 2.14 bits per heavy atom. The van der Waals surface area contributed by atoms with Crippen molar-refractivity contribution in [2.45, 2.75) is 51.0 Å². The van der Waals surface area contributed by atoms with Gasteiger partial charge in [0.25, 0.3) is 0 Å². The second-order valence-corrected chi connectivity index (χ2v) is 8.34. The Bertz CT molecular complexity index is 968. The average Bonchev–Trinajstić information content (AvgIpc) is 3.49. The molecule has 29 heavy (non-hydrogen) atoms. The van der Waals surface area contributed by atoms with E-state index in [1.54, 1.807) is 11.3 Å². The van der Waals surface area contributed by atoms with Gasteiger partial charge in [0.1, 0.15) is 12.3 Å². The molecule has 4 heterocycles. The highest BCUT2D eigenvalue weighted by Gasteiger charge is 2.41. The average molecular weight is 524 g/mol. The van der Waals surface area contributed by atoms with E-state index in [0.29, 0.717) is 24.8 Å². The Morgan fingerprint density at radius 1 is 1.24 bits per heavy atom. The second-order valence-electron chi connectivity index (χ2n) is 7.31. The van der Waals surface area contributed by atoms with E-state index >= 15 is 0 Å². The molecule has 0 amide bonds. The molecule has 2 aliphatic heterocycles.